The molecule has 8 nitrogen and oxygen atoms in total. The van der Waals surface area contributed by atoms with Gasteiger partial charge in [0.15, 0.2) is 0 Å². The average Bonchev–Trinajstić information content (AvgIpc) is 3.30. The molecule has 1 aliphatic rings. The van der Waals surface area contributed by atoms with Crippen molar-refractivity contribution in [2.24, 2.45) is 5.92 Å². The van der Waals surface area contributed by atoms with Crippen LogP contribution in [0.4, 0.5) is 10.5 Å². The van der Waals surface area contributed by atoms with Crippen molar-refractivity contribution in [1.29, 1.82) is 0 Å². The molecule has 1 aromatic carbocycles. The molecule has 30 heavy (non-hydrogen) atoms. The molecule has 2 heterocycles. The van der Waals surface area contributed by atoms with Gasteiger partial charge in [-0.3, -0.25) is 9.59 Å². The summed E-state index contributed by atoms with van der Waals surface area (Å²) in [7, 11) is 1.56. The fourth-order valence-electron chi connectivity index (χ4n) is 3.26. The van der Waals surface area contributed by atoms with E-state index in [0.29, 0.717) is 37.6 Å². The number of anilines is 1. The summed E-state index contributed by atoms with van der Waals surface area (Å²) in [4.78, 5) is 38.1. The van der Waals surface area contributed by atoms with E-state index in [1.807, 2.05) is 29.0 Å². The van der Waals surface area contributed by atoms with E-state index in [1.165, 1.54) is 0 Å². The van der Waals surface area contributed by atoms with E-state index in [2.05, 4.69) is 16.0 Å². The van der Waals surface area contributed by atoms with Gasteiger partial charge in [0.2, 0.25) is 0 Å². The first kappa shape index (κ1) is 21.6. The van der Waals surface area contributed by atoms with Crippen molar-refractivity contribution in [2.45, 2.75) is 19.4 Å². The molecule has 1 fully saturated rings. The maximum atomic E-state index is 12.5. The molecule has 0 saturated carbocycles. The maximum absolute atomic E-state index is 12.5. The summed E-state index contributed by atoms with van der Waals surface area (Å²) in [6.07, 6.45) is 1.52. The number of urea groups is 1. The number of likely N-dealkylation sites (tertiary alicyclic amines) is 1. The number of nitrogens with zero attached hydrogens (tertiary/aromatic N) is 1. The number of para-hydroxylation sites is 2. The van der Waals surface area contributed by atoms with E-state index >= 15 is 0 Å². The van der Waals surface area contributed by atoms with Crippen LogP contribution in [0.25, 0.3) is 0 Å². The normalized spacial score (nSPS) is 14.1. The van der Waals surface area contributed by atoms with Gasteiger partial charge < -0.3 is 25.6 Å². The van der Waals surface area contributed by atoms with Crippen molar-refractivity contribution in [3.05, 3.63) is 46.7 Å². The van der Waals surface area contributed by atoms with Crippen molar-refractivity contribution < 1.29 is 19.1 Å². The summed E-state index contributed by atoms with van der Waals surface area (Å²) in [6.45, 7) is 1.94. The first-order valence-corrected chi connectivity index (χ1v) is 10.8. The van der Waals surface area contributed by atoms with Gasteiger partial charge in [0.05, 0.1) is 12.8 Å². The van der Waals surface area contributed by atoms with Crippen molar-refractivity contribution >= 4 is 34.9 Å². The van der Waals surface area contributed by atoms with Crippen LogP contribution in [0.2, 0.25) is 0 Å². The van der Waals surface area contributed by atoms with Crippen LogP contribution in [-0.4, -0.2) is 49.5 Å². The molecular weight excluding hydrogens is 404 g/mol. The van der Waals surface area contributed by atoms with Gasteiger partial charge in [-0.25, -0.2) is 4.79 Å². The molecule has 0 aliphatic carbocycles. The Hall–Kier alpha value is -3.07. The van der Waals surface area contributed by atoms with Crippen LogP contribution < -0.4 is 20.7 Å². The quantitative estimate of drug-likeness (QED) is 0.613. The van der Waals surface area contributed by atoms with E-state index in [0.717, 1.165) is 18.4 Å². The lowest BCUT2D eigenvalue weighted by atomic mass is 9.97. The van der Waals surface area contributed by atoms with Gasteiger partial charge in [-0.15, -0.1) is 0 Å². The monoisotopic (exact) mass is 430 g/mol. The molecule has 4 amide bonds. The summed E-state index contributed by atoms with van der Waals surface area (Å²) in [5, 5.41) is 12.0. The fraction of sp³-hybridized carbons (Fsp3) is 0.381. The van der Waals surface area contributed by atoms with E-state index < -0.39 is 11.8 Å². The summed E-state index contributed by atoms with van der Waals surface area (Å²) >= 11 is 1.54. The number of methoxy groups -OCH3 is 1. The number of hydrogen-bond acceptors (Lipinski definition) is 5. The summed E-state index contributed by atoms with van der Waals surface area (Å²) in [5.74, 6) is -0.411. The third kappa shape index (κ3) is 5.96. The van der Waals surface area contributed by atoms with Crippen LogP contribution in [0.15, 0.2) is 41.1 Å². The van der Waals surface area contributed by atoms with Crippen LogP contribution >= 0.6 is 11.3 Å². The highest BCUT2D eigenvalue weighted by atomic mass is 32.1. The number of carbonyl (C=O) groups excluding carboxylic acids is 3. The Kier molecular flexibility index (Phi) is 7.67. The van der Waals surface area contributed by atoms with Crippen LogP contribution in [0.5, 0.6) is 5.75 Å². The predicted octanol–water partition coefficient (Wildman–Crippen LogP) is 2.43. The van der Waals surface area contributed by atoms with Gasteiger partial charge in [-0.1, -0.05) is 12.1 Å². The number of nitrogens with one attached hydrogen (secondary N) is 3. The zero-order valence-corrected chi connectivity index (χ0v) is 17.7. The third-order valence-corrected chi connectivity index (χ3v) is 5.77. The van der Waals surface area contributed by atoms with Gasteiger partial charge in [0, 0.05) is 26.2 Å². The smallest absolute Gasteiger partial charge is 0.321 e. The molecule has 1 aliphatic heterocycles. The van der Waals surface area contributed by atoms with Crippen molar-refractivity contribution in [2.75, 3.05) is 32.1 Å². The van der Waals surface area contributed by atoms with Crippen LogP contribution in [0.1, 0.15) is 18.4 Å². The lowest BCUT2D eigenvalue weighted by Gasteiger charge is -2.32. The lowest BCUT2D eigenvalue weighted by Crippen LogP contribution is -2.45. The van der Waals surface area contributed by atoms with E-state index in [-0.39, 0.29) is 11.9 Å². The standard InChI is InChI=1S/C21H26N4O4S/c1-29-18-5-3-2-4-17(18)24-21(28)25-9-6-15(7-10-25)12-22-19(26)20(27)23-13-16-8-11-30-14-16/h2-5,8,11,14-15H,6-7,9-10,12-13H2,1H3,(H,22,26)(H,23,27)(H,24,28). The maximum Gasteiger partial charge on any atom is 0.321 e. The molecule has 3 N–H and O–H groups in total. The molecular formula is C21H26N4O4S. The minimum absolute atomic E-state index is 0.171. The Morgan fingerprint density at radius 3 is 2.53 bits per heavy atom. The molecule has 0 radical (unpaired) electrons. The Labute approximate surface area is 179 Å². The molecule has 2 aromatic rings. The van der Waals surface area contributed by atoms with Gasteiger partial charge in [0.1, 0.15) is 5.75 Å². The Bertz CT molecular complexity index is 864. The molecule has 1 saturated heterocycles. The molecule has 9 heteroatoms. The van der Waals surface area contributed by atoms with Crippen molar-refractivity contribution in [1.82, 2.24) is 15.5 Å². The highest BCUT2D eigenvalue weighted by Gasteiger charge is 2.24. The molecule has 3 rings (SSSR count). The number of piperidine rings is 1. The third-order valence-electron chi connectivity index (χ3n) is 5.04. The molecule has 0 spiro atoms. The highest BCUT2D eigenvalue weighted by molar-refractivity contribution is 7.07. The number of thiophene rings is 1. The Balaban J connectivity index is 1.37. The second-order valence-electron chi connectivity index (χ2n) is 7.09. The SMILES string of the molecule is COc1ccccc1NC(=O)N1CCC(CNC(=O)C(=O)NCc2ccsc2)CC1. The van der Waals surface area contributed by atoms with Gasteiger partial charge in [-0.2, -0.15) is 11.3 Å². The molecule has 1 aromatic heterocycles. The summed E-state index contributed by atoms with van der Waals surface area (Å²) < 4.78 is 5.26. The minimum atomic E-state index is -0.630. The predicted molar refractivity (Wildman–Crippen MR) is 115 cm³/mol. The molecule has 160 valence electrons. The second kappa shape index (κ2) is 10.6. The topological polar surface area (TPSA) is 99.8 Å². The zero-order valence-electron chi connectivity index (χ0n) is 16.8. The zero-order chi connectivity index (χ0) is 21.3. The number of amides is 4. The average molecular weight is 431 g/mol. The molecule has 0 atom stereocenters. The van der Waals surface area contributed by atoms with Crippen molar-refractivity contribution in [3.63, 3.8) is 0 Å². The van der Waals surface area contributed by atoms with Crippen LogP contribution in [0, 0.1) is 5.92 Å². The summed E-state index contributed by atoms with van der Waals surface area (Å²) in [6, 6.07) is 9.00. The van der Waals surface area contributed by atoms with Crippen LogP contribution in [-0.2, 0) is 16.1 Å². The van der Waals surface area contributed by atoms with E-state index in [9.17, 15) is 14.4 Å². The first-order chi connectivity index (χ1) is 14.6. The lowest BCUT2D eigenvalue weighted by molar-refractivity contribution is -0.139. The summed E-state index contributed by atoms with van der Waals surface area (Å²) in [5.41, 5.74) is 1.60. The van der Waals surface area contributed by atoms with E-state index in [4.69, 9.17) is 4.74 Å². The van der Waals surface area contributed by atoms with Gasteiger partial charge in [-0.05, 0) is 53.3 Å². The van der Waals surface area contributed by atoms with Gasteiger partial charge in [0.25, 0.3) is 0 Å². The Morgan fingerprint density at radius 1 is 1.10 bits per heavy atom. The van der Waals surface area contributed by atoms with Crippen molar-refractivity contribution in [3.8, 4) is 5.75 Å². The van der Waals surface area contributed by atoms with Crippen LogP contribution in [0.3, 0.4) is 0 Å². The number of hydrogen-bond donors (Lipinski definition) is 3. The largest absolute Gasteiger partial charge is 0.495 e. The molecule has 0 unspecified atom stereocenters. The Morgan fingerprint density at radius 2 is 1.83 bits per heavy atom. The fourth-order valence-corrected chi connectivity index (χ4v) is 3.92. The highest BCUT2D eigenvalue weighted by Crippen LogP contribution is 2.24. The number of benzene rings is 1. The number of carbonyl (C=O) groups is 3. The van der Waals surface area contributed by atoms with Gasteiger partial charge >= 0.3 is 17.8 Å². The second-order valence-corrected chi connectivity index (χ2v) is 7.87. The minimum Gasteiger partial charge on any atom is -0.495 e. The number of rotatable bonds is 6. The molecule has 0 bridgehead atoms. The first-order valence-electron chi connectivity index (χ1n) is 9.83. The van der Waals surface area contributed by atoms with E-state index in [1.54, 1.807) is 35.5 Å². The number of ether oxygens (including phenoxy) is 1.